The van der Waals surface area contributed by atoms with Gasteiger partial charge in [0, 0.05) is 18.2 Å². The molecule has 2 heterocycles. The second-order valence-electron chi connectivity index (χ2n) is 5.16. The van der Waals surface area contributed by atoms with E-state index in [4.69, 9.17) is 14.6 Å². The molecule has 19 heavy (non-hydrogen) atoms. The van der Waals surface area contributed by atoms with Gasteiger partial charge in [0.05, 0.1) is 6.54 Å². The molecule has 0 saturated carbocycles. The quantitative estimate of drug-likeness (QED) is 0.853. The number of furan rings is 1. The van der Waals surface area contributed by atoms with Gasteiger partial charge in [-0.05, 0) is 38.8 Å². The number of hydrogen-bond donors (Lipinski definition) is 2. The van der Waals surface area contributed by atoms with Crippen molar-refractivity contribution in [1.29, 1.82) is 0 Å². The summed E-state index contributed by atoms with van der Waals surface area (Å²) in [4.78, 5) is 13.2. The highest BCUT2D eigenvalue weighted by Gasteiger charge is 2.24. The summed E-state index contributed by atoms with van der Waals surface area (Å²) in [6, 6.07) is 2.17. The predicted molar refractivity (Wildman–Crippen MR) is 70.2 cm³/mol. The maximum absolute atomic E-state index is 11.0. The Labute approximate surface area is 112 Å². The molecule has 0 spiro atoms. The SMILES string of the molecule is Cc1cc(CN2CCCCC2CCO)oc1C(=O)O. The lowest BCUT2D eigenvalue weighted by atomic mass is 9.99. The van der Waals surface area contributed by atoms with E-state index in [0.717, 1.165) is 25.8 Å². The Bertz CT molecular complexity index is 439. The number of aryl methyl sites for hydroxylation is 1. The van der Waals surface area contributed by atoms with Crippen LogP contribution < -0.4 is 0 Å². The van der Waals surface area contributed by atoms with Gasteiger partial charge in [-0.15, -0.1) is 0 Å². The minimum Gasteiger partial charge on any atom is -0.475 e. The Balaban J connectivity index is 2.06. The largest absolute Gasteiger partial charge is 0.475 e. The van der Waals surface area contributed by atoms with Crippen LogP contribution >= 0.6 is 0 Å². The molecule has 1 aromatic rings. The van der Waals surface area contributed by atoms with E-state index in [1.54, 1.807) is 13.0 Å². The van der Waals surface area contributed by atoms with E-state index in [0.29, 0.717) is 23.9 Å². The summed E-state index contributed by atoms with van der Waals surface area (Å²) in [6.07, 6.45) is 4.20. The lowest BCUT2D eigenvalue weighted by Gasteiger charge is -2.34. The Morgan fingerprint density at radius 1 is 1.53 bits per heavy atom. The van der Waals surface area contributed by atoms with Crippen LogP contribution in [0.2, 0.25) is 0 Å². The number of aliphatic hydroxyl groups excluding tert-OH is 1. The van der Waals surface area contributed by atoms with Crippen LogP contribution in [-0.4, -0.2) is 40.3 Å². The topological polar surface area (TPSA) is 73.9 Å². The lowest BCUT2D eigenvalue weighted by Crippen LogP contribution is -2.39. The molecular weight excluding hydrogens is 246 g/mol. The molecule has 106 valence electrons. The number of aromatic carboxylic acids is 1. The van der Waals surface area contributed by atoms with Crippen molar-refractivity contribution in [2.75, 3.05) is 13.2 Å². The van der Waals surface area contributed by atoms with Crippen molar-refractivity contribution in [3.63, 3.8) is 0 Å². The first-order valence-corrected chi connectivity index (χ1v) is 6.79. The first-order valence-electron chi connectivity index (χ1n) is 6.79. The van der Waals surface area contributed by atoms with Crippen LogP contribution in [0.4, 0.5) is 0 Å². The van der Waals surface area contributed by atoms with E-state index < -0.39 is 5.97 Å². The zero-order valence-corrected chi connectivity index (χ0v) is 11.3. The van der Waals surface area contributed by atoms with E-state index >= 15 is 0 Å². The third kappa shape index (κ3) is 3.36. The molecule has 2 rings (SSSR count). The average Bonchev–Trinajstić information content (AvgIpc) is 2.73. The van der Waals surface area contributed by atoms with Gasteiger partial charge in [-0.2, -0.15) is 0 Å². The van der Waals surface area contributed by atoms with E-state index in [9.17, 15) is 4.79 Å². The molecule has 1 fully saturated rings. The Hall–Kier alpha value is -1.33. The van der Waals surface area contributed by atoms with Crippen molar-refractivity contribution in [1.82, 2.24) is 4.90 Å². The van der Waals surface area contributed by atoms with Crippen LogP contribution in [0.1, 0.15) is 47.6 Å². The number of rotatable bonds is 5. The second-order valence-corrected chi connectivity index (χ2v) is 5.16. The maximum atomic E-state index is 11.0. The van der Waals surface area contributed by atoms with E-state index in [1.807, 2.05) is 0 Å². The molecule has 1 aliphatic heterocycles. The smallest absolute Gasteiger partial charge is 0.372 e. The van der Waals surface area contributed by atoms with Gasteiger partial charge in [0.2, 0.25) is 5.76 Å². The summed E-state index contributed by atoms with van der Waals surface area (Å²) in [7, 11) is 0. The number of carboxylic acids is 1. The van der Waals surface area contributed by atoms with Gasteiger partial charge in [0.1, 0.15) is 5.76 Å². The number of nitrogens with zero attached hydrogens (tertiary/aromatic N) is 1. The van der Waals surface area contributed by atoms with Crippen molar-refractivity contribution < 1.29 is 19.4 Å². The molecule has 0 aliphatic carbocycles. The summed E-state index contributed by atoms with van der Waals surface area (Å²) >= 11 is 0. The zero-order valence-electron chi connectivity index (χ0n) is 11.3. The van der Waals surface area contributed by atoms with Gasteiger partial charge in [-0.25, -0.2) is 4.79 Å². The molecule has 2 N–H and O–H groups in total. The molecule has 1 aromatic heterocycles. The fourth-order valence-corrected chi connectivity index (χ4v) is 2.78. The highest BCUT2D eigenvalue weighted by atomic mass is 16.4. The molecule has 0 radical (unpaired) electrons. The van der Waals surface area contributed by atoms with E-state index in [2.05, 4.69) is 4.90 Å². The third-order valence-electron chi connectivity index (χ3n) is 3.73. The zero-order chi connectivity index (χ0) is 13.8. The fraction of sp³-hybridized carbons (Fsp3) is 0.643. The van der Waals surface area contributed by atoms with Crippen molar-refractivity contribution in [2.24, 2.45) is 0 Å². The van der Waals surface area contributed by atoms with Gasteiger partial charge in [0.15, 0.2) is 0 Å². The van der Waals surface area contributed by atoms with Crippen molar-refractivity contribution in [3.05, 3.63) is 23.2 Å². The van der Waals surface area contributed by atoms with Crippen LogP contribution in [0, 0.1) is 6.92 Å². The Morgan fingerprint density at radius 2 is 2.32 bits per heavy atom. The molecule has 1 aliphatic rings. The first-order chi connectivity index (χ1) is 9.11. The van der Waals surface area contributed by atoms with E-state index in [-0.39, 0.29) is 12.4 Å². The number of aliphatic hydroxyl groups is 1. The highest BCUT2D eigenvalue weighted by Crippen LogP contribution is 2.23. The minimum absolute atomic E-state index is 0.0331. The van der Waals surface area contributed by atoms with Crippen LogP contribution in [0.3, 0.4) is 0 Å². The van der Waals surface area contributed by atoms with Gasteiger partial charge >= 0.3 is 5.97 Å². The highest BCUT2D eigenvalue weighted by molar-refractivity contribution is 5.86. The summed E-state index contributed by atoms with van der Waals surface area (Å²) in [6.45, 7) is 3.54. The summed E-state index contributed by atoms with van der Waals surface area (Å²) < 4.78 is 5.40. The van der Waals surface area contributed by atoms with Crippen LogP contribution in [0.5, 0.6) is 0 Å². The fourth-order valence-electron chi connectivity index (χ4n) is 2.78. The molecule has 0 aromatic carbocycles. The lowest BCUT2D eigenvalue weighted by molar-refractivity contribution is 0.0652. The number of carboxylic acid groups (broad SMARTS) is 1. The molecular formula is C14H21NO4. The van der Waals surface area contributed by atoms with Gasteiger partial charge < -0.3 is 14.6 Å². The molecule has 5 heteroatoms. The normalized spacial score (nSPS) is 20.6. The summed E-state index contributed by atoms with van der Waals surface area (Å²) in [5.41, 5.74) is 0.665. The standard InChI is InChI=1S/C14H21NO4/c1-10-8-12(19-13(10)14(17)18)9-15-6-3-2-4-11(15)5-7-16/h8,11,16H,2-7,9H2,1H3,(H,17,18). The molecule has 1 saturated heterocycles. The molecule has 1 unspecified atom stereocenters. The predicted octanol–water partition coefficient (Wildman–Crippen LogP) is 2.02. The first kappa shape index (κ1) is 14.1. The van der Waals surface area contributed by atoms with E-state index in [1.165, 1.54) is 6.42 Å². The Morgan fingerprint density at radius 3 is 2.95 bits per heavy atom. The molecule has 0 amide bonds. The molecule has 5 nitrogen and oxygen atoms in total. The number of carbonyl (C=O) groups is 1. The number of piperidine rings is 1. The molecule has 0 bridgehead atoms. The minimum atomic E-state index is -1.02. The second kappa shape index (κ2) is 6.21. The summed E-state index contributed by atoms with van der Waals surface area (Å²) in [5.74, 6) is -0.292. The van der Waals surface area contributed by atoms with Gasteiger partial charge in [-0.1, -0.05) is 6.42 Å². The van der Waals surface area contributed by atoms with Crippen LogP contribution in [0.25, 0.3) is 0 Å². The average molecular weight is 267 g/mol. The van der Waals surface area contributed by atoms with Gasteiger partial charge in [-0.3, -0.25) is 4.90 Å². The van der Waals surface area contributed by atoms with Crippen molar-refractivity contribution in [2.45, 2.75) is 45.2 Å². The molecule has 1 atom stereocenters. The maximum Gasteiger partial charge on any atom is 0.372 e. The Kier molecular flexibility index (Phi) is 4.61. The van der Waals surface area contributed by atoms with Crippen LogP contribution in [0.15, 0.2) is 10.5 Å². The number of likely N-dealkylation sites (tertiary alicyclic amines) is 1. The number of hydrogen-bond acceptors (Lipinski definition) is 4. The monoisotopic (exact) mass is 267 g/mol. The summed E-state index contributed by atoms with van der Waals surface area (Å²) in [5, 5.41) is 18.1. The van der Waals surface area contributed by atoms with Crippen molar-refractivity contribution in [3.8, 4) is 0 Å². The van der Waals surface area contributed by atoms with Crippen molar-refractivity contribution >= 4 is 5.97 Å². The third-order valence-corrected chi connectivity index (χ3v) is 3.73. The van der Waals surface area contributed by atoms with Crippen LogP contribution in [-0.2, 0) is 6.54 Å². The van der Waals surface area contributed by atoms with Gasteiger partial charge in [0.25, 0.3) is 0 Å².